The molecule has 0 amide bonds. The molecule has 0 aromatic carbocycles. The summed E-state index contributed by atoms with van der Waals surface area (Å²) in [7, 11) is 0. The van der Waals surface area contributed by atoms with Crippen molar-refractivity contribution in [1.29, 1.82) is 0 Å². The Kier molecular flexibility index (Phi) is 2.94. The minimum atomic E-state index is 0.175. The van der Waals surface area contributed by atoms with Gasteiger partial charge in [0.2, 0.25) is 5.95 Å². The Balaban J connectivity index is 2.06. The highest BCUT2D eigenvalue weighted by Gasteiger charge is 2.22. The van der Waals surface area contributed by atoms with E-state index in [-0.39, 0.29) is 24.5 Å². The number of fused-ring (bicyclic) bond motifs is 1. The third kappa shape index (κ3) is 1.87. The van der Waals surface area contributed by atoms with Gasteiger partial charge in [0.25, 0.3) is 0 Å². The summed E-state index contributed by atoms with van der Waals surface area (Å²) in [6.07, 6.45) is 6.73. The molecule has 0 saturated carbocycles. The molecular formula is C11H12IN5O. The summed E-state index contributed by atoms with van der Waals surface area (Å²) in [5, 5.41) is 9.16. The largest absolute Gasteiger partial charge is 0.396 e. The normalized spacial score (nSPS) is 23.0. The lowest BCUT2D eigenvalue weighted by Gasteiger charge is -2.12. The zero-order valence-corrected chi connectivity index (χ0v) is 11.6. The Morgan fingerprint density at radius 2 is 2.28 bits per heavy atom. The number of rotatable bonds is 2. The van der Waals surface area contributed by atoms with Crippen molar-refractivity contribution in [1.82, 2.24) is 19.5 Å². The molecule has 0 aliphatic heterocycles. The van der Waals surface area contributed by atoms with Gasteiger partial charge in [0.1, 0.15) is 9.22 Å². The first-order chi connectivity index (χ1) is 8.69. The van der Waals surface area contributed by atoms with E-state index in [1.807, 2.05) is 10.6 Å². The van der Waals surface area contributed by atoms with Gasteiger partial charge in [-0.3, -0.25) is 0 Å². The summed E-state index contributed by atoms with van der Waals surface area (Å²) in [4.78, 5) is 12.7. The van der Waals surface area contributed by atoms with Crippen LogP contribution >= 0.6 is 22.6 Å². The second kappa shape index (κ2) is 4.47. The Morgan fingerprint density at radius 3 is 3.00 bits per heavy atom. The van der Waals surface area contributed by atoms with Gasteiger partial charge in [-0.2, -0.15) is 4.98 Å². The van der Waals surface area contributed by atoms with Gasteiger partial charge in [-0.1, -0.05) is 12.2 Å². The maximum atomic E-state index is 9.16. The van der Waals surface area contributed by atoms with Gasteiger partial charge in [0.05, 0.1) is 12.4 Å². The fourth-order valence-corrected chi connectivity index (χ4v) is 2.86. The predicted octanol–water partition coefficient (Wildman–Crippen LogP) is 1.12. The first kappa shape index (κ1) is 11.8. The number of nitrogen functional groups attached to an aromatic ring is 1. The molecule has 3 rings (SSSR count). The Labute approximate surface area is 117 Å². The van der Waals surface area contributed by atoms with Crippen LogP contribution in [0.25, 0.3) is 11.2 Å². The van der Waals surface area contributed by atoms with Crippen molar-refractivity contribution in [3.05, 3.63) is 22.2 Å². The smallest absolute Gasteiger partial charge is 0.223 e. The number of imidazole rings is 1. The van der Waals surface area contributed by atoms with Gasteiger partial charge in [-0.15, -0.1) is 0 Å². The maximum Gasteiger partial charge on any atom is 0.223 e. The van der Waals surface area contributed by atoms with Gasteiger partial charge >= 0.3 is 0 Å². The molecule has 2 aromatic rings. The molecule has 2 heterocycles. The van der Waals surface area contributed by atoms with Crippen LogP contribution < -0.4 is 5.73 Å². The lowest BCUT2D eigenvalue weighted by Crippen LogP contribution is -2.08. The van der Waals surface area contributed by atoms with Crippen molar-refractivity contribution in [3.8, 4) is 0 Å². The van der Waals surface area contributed by atoms with Crippen molar-refractivity contribution < 1.29 is 5.11 Å². The molecule has 2 atom stereocenters. The third-order valence-electron chi connectivity index (χ3n) is 3.14. The third-order valence-corrected chi connectivity index (χ3v) is 3.89. The van der Waals surface area contributed by atoms with Crippen molar-refractivity contribution in [2.24, 2.45) is 5.92 Å². The van der Waals surface area contributed by atoms with Crippen LogP contribution in [0.2, 0.25) is 0 Å². The van der Waals surface area contributed by atoms with E-state index in [2.05, 4.69) is 43.6 Å². The fourth-order valence-electron chi connectivity index (χ4n) is 2.23. The second-order valence-corrected chi connectivity index (χ2v) is 5.35. The Bertz CT molecular complexity index is 623. The molecule has 0 saturated heterocycles. The molecule has 2 aromatic heterocycles. The maximum absolute atomic E-state index is 9.16. The molecule has 6 nitrogen and oxygen atoms in total. The average molecular weight is 357 g/mol. The van der Waals surface area contributed by atoms with E-state index < -0.39 is 0 Å². The zero-order chi connectivity index (χ0) is 12.7. The number of aliphatic hydroxyl groups excluding tert-OH is 1. The van der Waals surface area contributed by atoms with Gasteiger partial charge in [0, 0.05) is 12.5 Å². The Hall–Kier alpha value is -1.22. The van der Waals surface area contributed by atoms with Gasteiger partial charge < -0.3 is 15.4 Å². The summed E-state index contributed by atoms with van der Waals surface area (Å²) < 4.78 is 2.75. The average Bonchev–Trinajstić information content (AvgIpc) is 2.93. The molecule has 94 valence electrons. The van der Waals surface area contributed by atoms with Crippen molar-refractivity contribution in [2.75, 3.05) is 12.3 Å². The van der Waals surface area contributed by atoms with E-state index in [0.29, 0.717) is 0 Å². The SMILES string of the molecule is Nc1nc(I)c2ncn([C@H]3C=C[C@@H](CO)C3)c2n1. The summed E-state index contributed by atoms with van der Waals surface area (Å²) in [5.74, 6) is 0.472. The standard InChI is InChI=1S/C11H12IN5O/c12-9-8-10(16-11(13)15-9)17(5-14-8)7-2-1-6(3-7)4-18/h1-2,5-7,18H,3-4H2,(H2,13,15,16)/t6-,7+/m1/s1. The van der Waals surface area contributed by atoms with Crippen molar-refractivity contribution in [3.63, 3.8) is 0 Å². The molecule has 3 N–H and O–H groups in total. The molecule has 1 aliphatic carbocycles. The van der Waals surface area contributed by atoms with Gasteiger partial charge in [0.15, 0.2) is 5.65 Å². The summed E-state index contributed by atoms with van der Waals surface area (Å²) in [5.41, 5.74) is 7.20. The van der Waals surface area contributed by atoms with E-state index in [4.69, 9.17) is 10.8 Å². The zero-order valence-electron chi connectivity index (χ0n) is 9.49. The number of anilines is 1. The molecule has 7 heteroatoms. The van der Waals surface area contributed by atoms with Crippen molar-refractivity contribution in [2.45, 2.75) is 12.5 Å². The number of halogens is 1. The molecule has 0 unspecified atom stereocenters. The Morgan fingerprint density at radius 1 is 1.44 bits per heavy atom. The van der Waals surface area contributed by atoms with Crippen molar-refractivity contribution >= 4 is 39.7 Å². The number of hydrogen-bond donors (Lipinski definition) is 2. The summed E-state index contributed by atoms with van der Waals surface area (Å²) >= 11 is 2.11. The molecule has 0 bridgehead atoms. The van der Waals surface area contributed by atoms with E-state index in [1.54, 1.807) is 6.33 Å². The van der Waals surface area contributed by atoms with Crippen LogP contribution in [-0.2, 0) is 0 Å². The topological polar surface area (TPSA) is 89.8 Å². The van der Waals surface area contributed by atoms with E-state index in [0.717, 1.165) is 21.3 Å². The lowest BCUT2D eigenvalue weighted by atomic mass is 10.1. The lowest BCUT2D eigenvalue weighted by molar-refractivity contribution is 0.244. The number of aromatic nitrogens is 4. The first-order valence-corrected chi connectivity index (χ1v) is 6.71. The highest BCUT2D eigenvalue weighted by atomic mass is 127. The van der Waals surface area contributed by atoms with Gasteiger partial charge in [-0.05, 0) is 29.0 Å². The van der Waals surface area contributed by atoms with Crippen LogP contribution in [-0.4, -0.2) is 31.2 Å². The van der Waals surface area contributed by atoms with Crippen LogP contribution in [0.3, 0.4) is 0 Å². The highest BCUT2D eigenvalue weighted by molar-refractivity contribution is 14.1. The number of allylic oxidation sites excluding steroid dienone is 1. The minimum Gasteiger partial charge on any atom is -0.396 e. The number of nitrogens with zero attached hydrogens (tertiary/aromatic N) is 4. The van der Waals surface area contributed by atoms with E-state index in [9.17, 15) is 0 Å². The van der Waals surface area contributed by atoms with Crippen LogP contribution in [0.5, 0.6) is 0 Å². The summed E-state index contributed by atoms with van der Waals surface area (Å²) in [6, 6.07) is 0.178. The van der Waals surface area contributed by atoms with Crippen LogP contribution in [0.1, 0.15) is 12.5 Å². The summed E-state index contributed by atoms with van der Waals surface area (Å²) in [6.45, 7) is 0.175. The number of nitrogens with two attached hydrogens (primary N) is 1. The van der Waals surface area contributed by atoms with Gasteiger partial charge in [-0.25, -0.2) is 9.97 Å². The first-order valence-electron chi connectivity index (χ1n) is 5.63. The monoisotopic (exact) mass is 357 g/mol. The van der Waals surface area contributed by atoms with Crippen LogP contribution in [0.15, 0.2) is 18.5 Å². The van der Waals surface area contributed by atoms with E-state index >= 15 is 0 Å². The molecular weight excluding hydrogens is 345 g/mol. The highest BCUT2D eigenvalue weighted by Crippen LogP contribution is 2.30. The molecule has 0 spiro atoms. The molecule has 0 radical (unpaired) electrons. The predicted molar refractivity (Wildman–Crippen MR) is 75.8 cm³/mol. The molecule has 18 heavy (non-hydrogen) atoms. The fraction of sp³-hybridized carbons (Fsp3) is 0.364. The quantitative estimate of drug-likeness (QED) is 0.478. The minimum absolute atomic E-state index is 0.175. The second-order valence-electron chi connectivity index (χ2n) is 4.33. The number of hydrogen-bond acceptors (Lipinski definition) is 5. The molecule has 1 aliphatic rings. The molecule has 0 fully saturated rings. The van der Waals surface area contributed by atoms with E-state index in [1.165, 1.54) is 0 Å². The number of aliphatic hydroxyl groups is 1. The van der Waals surface area contributed by atoms with Crippen LogP contribution in [0.4, 0.5) is 5.95 Å². The van der Waals surface area contributed by atoms with Crippen LogP contribution in [0, 0.1) is 9.62 Å².